The molecule has 3 aromatic rings. The maximum Gasteiger partial charge on any atom is 0.324 e. The number of carboxylic acids is 1. The van der Waals surface area contributed by atoms with Crippen LogP contribution in [0.25, 0.3) is 11.0 Å². The van der Waals surface area contributed by atoms with Crippen molar-refractivity contribution in [2.75, 3.05) is 4.90 Å². The largest absolute Gasteiger partial charge is 0.480 e. The van der Waals surface area contributed by atoms with Crippen LogP contribution in [0.1, 0.15) is 75.3 Å². The van der Waals surface area contributed by atoms with E-state index in [-0.39, 0.29) is 11.8 Å². The molecule has 2 N–H and O–H groups in total. The molecule has 4 atom stereocenters. The highest BCUT2D eigenvalue weighted by Crippen LogP contribution is 2.53. The standard InChI is InChI=1S/C32H36N2O5/c1-3-20-14-10-15-21(4-2)28(20)34-29(35)25-26(30(34)36)32(31(37)38,18-19-11-6-5-7-12-19)33-27(25)24-17-22-13-8-9-16-23(22)39-24/h8-10,13-17,19,25-27,33H,3-7,11-12,18H2,1-2H3,(H,37,38). The third-order valence-corrected chi connectivity index (χ3v) is 9.31. The fourth-order valence-corrected chi connectivity index (χ4v) is 7.44. The first-order chi connectivity index (χ1) is 18.9. The van der Waals surface area contributed by atoms with Gasteiger partial charge in [0.15, 0.2) is 0 Å². The van der Waals surface area contributed by atoms with Gasteiger partial charge in [-0.3, -0.25) is 19.7 Å². The lowest BCUT2D eigenvalue weighted by atomic mass is 9.72. The average Bonchev–Trinajstić information content (AvgIpc) is 3.60. The number of carbonyl (C=O) groups is 3. The van der Waals surface area contributed by atoms with E-state index in [1.54, 1.807) is 0 Å². The Morgan fingerprint density at radius 2 is 1.69 bits per heavy atom. The van der Waals surface area contributed by atoms with Crippen LogP contribution >= 0.6 is 0 Å². The van der Waals surface area contributed by atoms with Gasteiger partial charge in [-0.2, -0.15) is 0 Å². The molecular formula is C32H36N2O5. The molecular weight excluding hydrogens is 492 g/mol. The van der Waals surface area contributed by atoms with Crippen LogP contribution in [0, 0.1) is 17.8 Å². The first-order valence-corrected chi connectivity index (χ1v) is 14.4. The molecule has 3 heterocycles. The number of imide groups is 1. The van der Waals surface area contributed by atoms with Gasteiger partial charge in [-0.15, -0.1) is 0 Å². The van der Waals surface area contributed by atoms with E-state index in [1.807, 2.05) is 62.4 Å². The van der Waals surface area contributed by atoms with Gasteiger partial charge in [0.1, 0.15) is 16.9 Å². The van der Waals surface area contributed by atoms with Gasteiger partial charge in [0.05, 0.1) is 23.6 Å². The molecule has 6 rings (SSSR count). The Kier molecular flexibility index (Phi) is 6.58. The molecule has 2 saturated heterocycles. The monoisotopic (exact) mass is 528 g/mol. The third-order valence-electron chi connectivity index (χ3n) is 9.31. The van der Waals surface area contributed by atoms with Crippen molar-refractivity contribution in [1.29, 1.82) is 0 Å². The second-order valence-corrected chi connectivity index (χ2v) is 11.4. The molecule has 1 aliphatic carbocycles. The zero-order chi connectivity index (χ0) is 27.3. The molecule has 7 heteroatoms. The summed E-state index contributed by atoms with van der Waals surface area (Å²) >= 11 is 0. The average molecular weight is 529 g/mol. The summed E-state index contributed by atoms with van der Waals surface area (Å²) in [6, 6.07) is 14.6. The summed E-state index contributed by atoms with van der Waals surface area (Å²) in [5, 5.41) is 15.1. The predicted molar refractivity (Wildman–Crippen MR) is 148 cm³/mol. The van der Waals surface area contributed by atoms with Crippen LogP contribution in [0.4, 0.5) is 5.69 Å². The molecule has 2 amide bonds. The van der Waals surface area contributed by atoms with Crippen molar-refractivity contribution in [2.45, 2.75) is 76.8 Å². The number of fused-ring (bicyclic) bond motifs is 2. The molecule has 2 aromatic carbocycles. The van der Waals surface area contributed by atoms with E-state index in [9.17, 15) is 19.5 Å². The molecule has 39 heavy (non-hydrogen) atoms. The van der Waals surface area contributed by atoms with E-state index in [0.29, 0.717) is 36.3 Å². The molecule has 0 radical (unpaired) electrons. The molecule has 4 unspecified atom stereocenters. The molecule has 0 bridgehead atoms. The molecule has 1 aromatic heterocycles. The number of rotatable bonds is 7. The van der Waals surface area contributed by atoms with Gasteiger partial charge in [0.2, 0.25) is 11.8 Å². The molecule has 3 fully saturated rings. The van der Waals surface area contributed by atoms with Crippen LogP contribution in [0.3, 0.4) is 0 Å². The highest BCUT2D eigenvalue weighted by molar-refractivity contribution is 6.25. The van der Waals surface area contributed by atoms with Gasteiger partial charge < -0.3 is 9.52 Å². The minimum atomic E-state index is -1.55. The number of anilines is 1. The van der Waals surface area contributed by atoms with E-state index in [1.165, 1.54) is 4.90 Å². The summed E-state index contributed by atoms with van der Waals surface area (Å²) < 4.78 is 6.20. The number of carboxylic acid groups (broad SMARTS) is 1. The number of hydrogen-bond donors (Lipinski definition) is 2. The first-order valence-electron chi connectivity index (χ1n) is 14.4. The van der Waals surface area contributed by atoms with Gasteiger partial charge in [-0.05, 0) is 48.4 Å². The van der Waals surface area contributed by atoms with Gasteiger partial charge in [0.25, 0.3) is 0 Å². The predicted octanol–water partition coefficient (Wildman–Crippen LogP) is 5.80. The number of para-hydroxylation sites is 2. The first kappa shape index (κ1) is 25.8. The van der Waals surface area contributed by atoms with Crippen LogP contribution in [0.15, 0.2) is 52.9 Å². The molecule has 3 aliphatic rings. The number of aryl methyl sites for hydroxylation is 2. The maximum absolute atomic E-state index is 14.4. The van der Waals surface area contributed by atoms with Crippen LogP contribution in [0.2, 0.25) is 0 Å². The summed E-state index contributed by atoms with van der Waals surface area (Å²) in [5.41, 5.74) is 1.58. The van der Waals surface area contributed by atoms with E-state index in [0.717, 1.165) is 48.6 Å². The fourth-order valence-electron chi connectivity index (χ4n) is 7.44. The molecule has 1 saturated carbocycles. The number of nitrogens with one attached hydrogen (secondary N) is 1. The van der Waals surface area contributed by atoms with Crippen LogP contribution in [0.5, 0.6) is 0 Å². The summed E-state index contributed by atoms with van der Waals surface area (Å²) in [6.45, 7) is 4.01. The highest BCUT2D eigenvalue weighted by atomic mass is 16.4. The molecule has 7 nitrogen and oxygen atoms in total. The normalized spacial score (nSPS) is 27.4. The summed E-state index contributed by atoms with van der Waals surface area (Å²) in [7, 11) is 0. The fraction of sp³-hybridized carbons (Fsp3) is 0.469. The van der Waals surface area contributed by atoms with Crippen molar-refractivity contribution in [1.82, 2.24) is 5.32 Å². The minimum Gasteiger partial charge on any atom is -0.480 e. The lowest BCUT2D eigenvalue weighted by molar-refractivity contribution is -0.150. The number of amides is 2. The summed E-state index contributed by atoms with van der Waals surface area (Å²) in [6.07, 6.45) is 6.79. The van der Waals surface area contributed by atoms with Crippen molar-refractivity contribution >= 4 is 34.4 Å². The van der Waals surface area contributed by atoms with Gasteiger partial charge in [0, 0.05) is 5.39 Å². The molecule has 2 aliphatic heterocycles. The zero-order valence-electron chi connectivity index (χ0n) is 22.6. The van der Waals surface area contributed by atoms with Crippen LogP contribution in [-0.4, -0.2) is 28.4 Å². The summed E-state index contributed by atoms with van der Waals surface area (Å²) in [4.78, 5) is 43.4. The number of furan rings is 1. The second-order valence-electron chi connectivity index (χ2n) is 11.4. The smallest absolute Gasteiger partial charge is 0.324 e. The quantitative estimate of drug-likeness (QED) is 0.376. The Labute approximate surface area is 228 Å². The maximum atomic E-state index is 14.4. The number of nitrogens with zero attached hydrogens (tertiary/aromatic N) is 1. The summed E-state index contributed by atoms with van der Waals surface area (Å²) in [5.74, 6) is -3.02. The minimum absolute atomic E-state index is 0.184. The lowest BCUT2D eigenvalue weighted by Gasteiger charge is -2.35. The Hall–Kier alpha value is -3.45. The van der Waals surface area contributed by atoms with E-state index in [2.05, 4.69) is 5.32 Å². The van der Waals surface area contributed by atoms with Crippen molar-refractivity contribution < 1.29 is 23.9 Å². The number of aliphatic carboxylic acids is 1. The van der Waals surface area contributed by atoms with E-state index in [4.69, 9.17) is 4.42 Å². The number of carbonyl (C=O) groups excluding carboxylic acids is 2. The van der Waals surface area contributed by atoms with E-state index >= 15 is 0 Å². The van der Waals surface area contributed by atoms with Crippen molar-refractivity contribution in [3.8, 4) is 0 Å². The highest BCUT2D eigenvalue weighted by Gasteiger charge is 2.69. The SMILES string of the molecule is CCc1cccc(CC)c1N1C(=O)C2C(c3cc4ccccc4o3)NC(CC3CCCCC3)(C(=O)O)C2C1=O. The Balaban J connectivity index is 1.51. The molecule has 204 valence electrons. The van der Waals surface area contributed by atoms with Crippen molar-refractivity contribution in [2.24, 2.45) is 17.8 Å². The zero-order valence-corrected chi connectivity index (χ0v) is 22.6. The third kappa shape index (κ3) is 4.01. The topological polar surface area (TPSA) is 99.8 Å². The Morgan fingerprint density at radius 3 is 2.33 bits per heavy atom. The van der Waals surface area contributed by atoms with Gasteiger partial charge in [-0.25, -0.2) is 4.90 Å². The van der Waals surface area contributed by atoms with E-state index < -0.39 is 35.3 Å². The van der Waals surface area contributed by atoms with Gasteiger partial charge >= 0.3 is 5.97 Å². The van der Waals surface area contributed by atoms with Crippen LogP contribution in [-0.2, 0) is 27.2 Å². The molecule has 0 spiro atoms. The Morgan fingerprint density at radius 1 is 1.00 bits per heavy atom. The van der Waals surface area contributed by atoms with Crippen molar-refractivity contribution in [3.63, 3.8) is 0 Å². The number of benzene rings is 2. The second kappa shape index (κ2) is 9.94. The lowest BCUT2D eigenvalue weighted by Crippen LogP contribution is -2.57. The Bertz CT molecular complexity index is 1380. The van der Waals surface area contributed by atoms with Crippen molar-refractivity contribution in [3.05, 3.63) is 65.4 Å². The van der Waals surface area contributed by atoms with Gasteiger partial charge in [-0.1, -0.05) is 82.3 Å². The number of hydrogen-bond acceptors (Lipinski definition) is 5. The van der Waals surface area contributed by atoms with Crippen LogP contribution < -0.4 is 10.2 Å².